The maximum atomic E-state index is 12.0. The average molecular weight is 239 g/mol. The van der Waals surface area contributed by atoms with Crippen molar-refractivity contribution in [2.75, 3.05) is 6.54 Å². The molecule has 0 bridgehead atoms. The van der Waals surface area contributed by atoms with Crippen LogP contribution in [0, 0.1) is 0 Å². The predicted molar refractivity (Wildman–Crippen MR) is 65.7 cm³/mol. The second-order valence-corrected chi connectivity index (χ2v) is 4.84. The number of carbonyl (C=O) groups is 2. The summed E-state index contributed by atoms with van der Waals surface area (Å²) in [6.45, 7) is 4.55. The van der Waals surface area contributed by atoms with Crippen LogP contribution in [0.2, 0.25) is 0 Å². The van der Waals surface area contributed by atoms with Gasteiger partial charge in [0.25, 0.3) is 0 Å². The first-order valence-corrected chi connectivity index (χ1v) is 6.18. The van der Waals surface area contributed by atoms with Gasteiger partial charge in [0.15, 0.2) is 0 Å². The van der Waals surface area contributed by atoms with Crippen molar-refractivity contribution in [1.29, 1.82) is 0 Å². The minimum atomic E-state index is -0.787. The minimum absolute atomic E-state index is 0.0279. The molecule has 0 aromatic heterocycles. The molecule has 4 nitrogen and oxygen atoms in total. The molecule has 1 atom stereocenters. The first-order chi connectivity index (χ1) is 8.00. The molecule has 1 fully saturated rings. The van der Waals surface area contributed by atoms with Crippen LogP contribution < -0.4 is 0 Å². The van der Waals surface area contributed by atoms with Crippen molar-refractivity contribution in [2.24, 2.45) is 0 Å². The molecule has 0 aromatic carbocycles. The highest BCUT2D eigenvalue weighted by atomic mass is 16.4. The van der Waals surface area contributed by atoms with Crippen LogP contribution in [-0.2, 0) is 9.59 Å². The quantitative estimate of drug-likeness (QED) is 0.765. The van der Waals surface area contributed by atoms with Crippen LogP contribution in [0.15, 0.2) is 11.6 Å². The van der Waals surface area contributed by atoms with Crippen molar-refractivity contribution in [1.82, 2.24) is 4.90 Å². The lowest BCUT2D eigenvalue weighted by Gasteiger charge is -2.35. The van der Waals surface area contributed by atoms with Crippen LogP contribution in [0.4, 0.5) is 0 Å². The number of allylic oxidation sites excluding steroid dienone is 1. The normalized spacial score (nSPS) is 19.9. The Hall–Kier alpha value is -1.32. The molecule has 1 rings (SSSR count). The smallest absolute Gasteiger partial charge is 0.303 e. The van der Waals surface area contributed by atoms with E-state index in [1.807, 2.05) is 18.7 Å². The van der Waals surface area contributed by atoms with Crippen molar-refractivity contribution >= 4 is 11.9 Å². The zero-order valence-corrected chi connectivity index (χ0v) is 10.6. The monoisotopic (exact) mass is 239 g/mol. The van der Waals surface area contributed by atoms with Gasteiger partial charge in [0.05, 0.1) is 0 Å². The highest BCUT2D eigenvalue weighted by molar-refractivity contribution is 5.88. The summed E-state index contributed by atoms with van der Waals surface area (Å²) in [6.07, 6.45) is 5.38. The highest BCUT2D eigenvalue weighted by Gasteiger charge is 2.25. The van der Waals surface area contributed by atoms with Crippen molar-refractivity contribution in [2.45, 2.75) is 52.0 Å². The molecule has 1 amide bonds. The first kappa shape index (κ1) is 13.7. The van der Waals surface area contributed by atoms with Gasteiger partial charge in [-0.3, -0.25) is 9.59 Å². The van der Waals surface area contributed by atoms with E-state index in [-0.39, 0.29) is 18.4 Å². The van der Waals surface area contributed by atoms with Gasteiger partial charge in [0.1, 0.15) is 0 Å². The summed E-state index contributed by atoms with van der Waals surface area (Å²) in [5, 5.41) is 8.70. The summed E-state index contributed by atoms with van der Waals surface area (Å²) in [4.78, 5) is 24.4. The molecule has 4 heteroatoms. The van der Waals surface area contributed by atoms with E-state index in [0.29, 0.717) is 6.42 Å². The van der Waals surface area contributed by atoms with Crippen molar-refractivity contribution < 1.29 is 14.7 Å². The third-order valence-electron chi connectivity index (χ3n) is 3.01. The molecule has 0 spiro atoms. The van der Waals surface area contributed by atoms with E-state index in [1.165, 1.54) is 0 Å². The Morgan fingerprint density at radius 2 is 2.06 bits per heavy atom. The third kappa shape index (κ3) is 4.59. The Morgan fingerprint density at radius 1 is 1.35 bits per heavy atom. The van der Waals surface area contributed by atoms with E-state index in [0.717, 1.165) is 31.4 Å². The van der Waals surface area contributed by atoms with Gasteiger partial charge in [-0.05, 0) is 39.5 Å². The number of likely N-dealkylation sites (tertiary alicyclic amines) is 1. The van der Waals surface area contributed by atoms with Gasteiger partial charge < -0.3 is 10.0 Å². The maximum absolute atomic E-state index is 12.0. The predicted octanol–water partition coefficient (Wildman–Crippen LogP) is 2.20. The number of nitrogens with zero attached hydrogens (tertiary/aromatic N) is 1. The Balaban J connectivity index is 2.62. The van der Waals surface area contributed by atoms with Crippen LogP contribution in [-0.4, -0.2) is 34.5 Å². The average Bonchev–Trinajstić information content (AvgIpc) is 2.25. The van der Waals surface area contributed by atoms with E-state index in [1.54, 1.807) is 6.08 Å². The van der Waals surface area contributed by atoms with Crippen LogP contribution in [0.5, 0.6) is 0 Å². The molecule has 1 saturated heterocycles. The van der Waals surface area contributed by atoms with Gasteiger partial charge in [0, 0.05) is 25.1 Å². The third-order valence-corrected chi connectivity index (χ3v) is 3.01. The van der Waals surface area contributed by atoms with Gasteiger partial charge in [0.2, 0.25) is 5.91 Å². The van der Waals surface area contributed by atoms with Crippen LogP contribution >= 0.6 is 0 Å². The fourth-order valence-electron chi connectivity index (χ4n) is 2.21. The van der Waals surface area contributed by atoms with E-state index >= 15 is 0 Å². The number of amides is 1. The van der Waals surface area contributed by atoms with Crippen LogP contribution in [0.25, 0.3) is 0 Å². The van der Waals surface area contributed by atoms with Crippen molar-refractivity contribution in [3.63, 3.8) is 0 Å². The lowest BCUT2D eigenvalue weighted by Crippen LogP contribution is -2.43. The zero-order chi connectivity index (χ0) is 12.8. The molecule has 96 valence electrons. The molecule has 0 saturated carbocycles. The number of piperidine rings is 1. The zero-order valence-electron chi connectivity index (χ0n) is 10.6. The first-order valence-electron chi connectivity index (χ1n) is 6.18. The van der Waals surface area contributed by atoms with Crippen LogP contribution in [0.1, 0.15) is 46.0 Å². The molecule has 0 aliphatic carbocycles. The summed E-state index contributed by atoms with van der Waals surface area (Å²) in [5.74, 6) is -0.759. The summed E-state index contributed by atoms with van der Waals surface area (Å²) >= 11 is 0. The number of aliphatic carboxylic acids is 1. The second-order valence-electron chi connectivity index (χ2n) is 4.84. The molecular weight excluding hydrogens is 218 g/mol. The second kappa shape index (κ2) is 6.42. The standard InChI is InChI=1S/C13H21NO3/c1-10(2)9-12(15)14-8-4-3-5-11(14)6-7-13(16)17/h9,11H,3-8H2,1-2H3,(H,16,17)/t11-/m1/s1. The van der Waals surface area contributed by atoms with Gasteiger partial charge in [-0.1, -0.05) is 5.57 Å². The van der Waals surface area contributed by atoms with Crippen LogP contribution in [0.3, 0.4) is 0 Å². The molecule has 1 N–H and O–H groups in total. The fraction of sp³-hybridized carbons (Fsp3) is 0.692. The number of hydrogen-bond donors (Lipinski definition) is 1. The lowest BCUT2D eigenvalue weighted by atomic mass is 9.97. The minimum Gasteiger partial charge on any atom is -0.481 e. The molecule has 1 aliphatic heterocycles. The van der Waals surface area contributed by atoms with E-state index in [9.17, 15) is 9.59 Å². The Morgan fingerprint density at radius 3 is 2.65 bits per heavy atom. The van der Waals surface area contributed by atoms with Gasteiger partial charge >= 0.3 is 5.97 Å². The number of carbonyl (C=O) groups excluding carboxylic acids is 1. The van der Waals surface area contributed by atoms with E-state index < -0.39 is 5.97 Å². The lowest BCUT2D eigenvalue weighted by molar-refractivity contribution is -0.138. The highest BCUT2D eigenvalue weighted by Crippen LogP contribution is 2.21. The summed E-state index contributed by atoms with van der Waals surface area (Å²) in [5.41, 5.74) is 0.984. The molecular formula is C13H21NO3. The number of carboxylic acids is 1. The molecule has 17 heavy (non-hydrogen) atoms. The Kier molecular flexibility index (Phi) is 5.19. The van der Waals surface area contributed by atoms with E-state index in [4.69, 9.17) is 5.11 Å². The Labute approximate surface area is 102 Å². The fourth-order valence-corrected chi connectivity index (χ4v) is 2.21. The largest absolute Gasteiger partial charge is 0.481 e. The SMILES string of the molecule is CC(C)=CC(=O)N1CCCC[C@@H]1CCC(=O)O. The summed E-state index contributed by atoms with van der Waals surface area (Å²) < 4.78 is 0. The van der Waals surface area contributed by atoms with Gasteiger partial charge in [-0.25, -0.2) is 0 Å². The molecule has 0 unspecified atom stereocenters. The summed E-state index contributed by atoms with van der Waals surface area (Å²) in [6, 6.07) is 0.1000. The number of carboxylic acid groups (broad SMARTS) is 1. The van der Waals surface area contributed by atoms with E-state index in [2.05, 4.69) is 0 Å². The maximum Gasteiger partial charge on any atom is 0.303 e. The molecule has 0 aromatic rings. The van der Waals surface area contributed by atoms with Gasteiger partial charge in [-0.2, -0.15) is 0 Å². The molecule has 0 radical (unpaired) electrons. The molecule has 1 heterocycles. The number of hydrogen-bond acceptors (Lipinski definition) is 2. The van der Waals surface area contributed by atoms with Gasteiger partial charge in [-0.15, -0.1) is 0 Å². The molecule has 1 aliphatic rings. The summed E-state index contributed by atoms with van der Waals surface area (Å²) in [7, 11) is 0. The Bertz CT molecular complexity index is 319. The number of rotatable bonds is 4. The topological polar surface area (TPSA) is 57.6 Å². The van der Waals surface area contributed by atoms with Crippen molar-refractivity contribution in [3.8, 4) is 0 Å². The van der Waals surface area contributed by atoms with Crippen molar-refractivity contribution in [3.05, 3.63) is 11.6 Å².